The Morgan fingerprint density at radius 3 is 2.47 bits per heavy atom. The Bertz CT molecular complexity index is 1460. The van der Waals surface area contributed by atoms with Gasteiger partial charge < -0.3 is 5.32 Å². The average Bonchev–Trinajstić information content (AvgIpc) is 2.67. The average molecular weight is 429 g/mol. The van der Waals surface area contributed by atoms with Crippen LogP contribution < -0.4 is 21.6 Å². The van der Waals surface area contributed by atoms with E-state index < -0.39 is 32.5 Å². The maximum absolute atomic E-state index is 14.5. The number of sulfone groups is 1. The van der Waals surface area contributed by atoms with Crippen LogP contribution >= 0.6 is 0 Å². The second-order valence-electron chi connectivity index (χ2n) is 6.99. The molecule has 0 bridgehead atoms. The van der Waals surface area contributed by atoms with Crippen molar-refractivity contribution in [3.63, 3.8) is 0 Å². The third-order valence-electron chi connectivity index (χ3n) is 4.80. The van der Waals surface area contributed by atoms with Crippen molar-refractivity contribution in [1.82, 2.24) is 9.88 Å². The fraction of sp³-hybridized carbons (Fsp3) is 0.143. The zero-order valence-corrected chi connectivity index (χ0v) is 16.9. The Morgan fingerprint density at radius 2 is 1.80 bits per heavy atom. The molecule has 3 aromatic rings. The van der Waals surface area contributed by atoms with E-state index in [1.807, 2.05) is 0 Å². The van der Waals surface area contributed by atoms with E-state index in [4.69, 9.17) is 0 Å². The van der Waals surface area contributed by atoms with Gasteiger partial charge in [0.1, 0.15) is 17.1 Å². The standard InChI is InChI=1S/C21H17F2N3O3S/c1-12-11-13(22)7-8-14(12)19-15-9-10-18(27)26(17-6-4-3-5-16(17)23)20(15)25-21(24-19)30(2,28)29/h3-11,21,24H,1-2H3. The van der Waals surface area contributed by atoms with Crippen LogP contribution in [0.4, 0.5) is 8.78 Å². The highest BCUT2D eigenvalue weighted by atomic mass is 32.2. The van der Waals surface area contributed by atoms with Crippen molar-refractivity contribution in [3.8, 4) is 5.69 Å². The predicted molar refractivity (Wildman–Crippen MR) is 108 cm³/mol. The normalized spacial score (nSPS) is 15.9. The molecule has 0 spiro atoms. The number of fused-ring (bicyclic) bond motifs is 1. The third-order valence-corrected chi connectivity index (χ3v) is 5.83. The van der Waals surface area contributed by atoms with Crippen LogP contribution in [0.3, 0.4) is 0 Å². The summed E-state index contributed by atoms with van der Waals surface area (Å²) in [6.45, 7) is 1.68. The van der Waals surface area contributed by atoms with Crippen molar-refractivity contribution in [1.29, 1.82) is 0 Å². The van der Waals surface area contributed by atoms with Gasteiger partial charge in [0.15, 0.2) is 9.84 Å². The first-order chi connectivity index (χ1) is 14.2. The topological polar surface area (TPSA) is 80.5 Å². The van der Waals surface area contributed by atoms with E-state index in [1.54, 1.807) is 13.0 Å². The zero-order valence-electron chi connectivity index (χ0n) is 16.1. The van der Waals surface area contributed by atoms with Crippen LogP contribution in [0.2, 0.25) is 0 Å². The monoisotopic (exact) mass is 429 g/mol. The Balaban J connectivity index is 2.18. The second-order valence-corrected chi connectivity index (χ2v) is 9.09. The minimum absolute atomic E-state index is 0.000463. The fourth-order valence-electron chi connectivity index (χ4n) is 3.39. The summed E-state index contributed by atoms with van der Waals surface area (Å²) in [6, 6.07) is 12.5. The van der Waals surface area contributed by atoms with Gasteiger partial charge in [-0.05, 0) is 48.9 Å². The first-order valence-electron chi connectivity index (χ1n) is 8.98. The van der Waals surface area contributed by atoms with Crippen LogP contribution in [-0.4, -0.2) is 24.7 Å². The van der Waals surface area contributed by atoms with Gasteiger partial charge in [-0.2, -0.15) is 0 Å². The maximum Gasteiger partial charge on any atom is 0.256 e. The molecule has 30 heavy (non-hydrogen) atoms. The summed E-state index contributed by atoms with van der Waals surface area (Å²) < 4.78 is 53.8. The molecule has 0 fully saturated rings. The van der Waals surface area contributed by atoms with E-state index in [0.717, 1.165) is 10.8 Å². The van der Waals surface area contributed by atoms with Crippen LogP contribution in [-0.2, 0) is 9.84 Å². The molecule has 2 heterocycles. The molecule has 4 rings (SSSR count). The Kier molecular flexibility index (Phi) is 4.77. The van der Waals surface area contributed by atoms with E-state index in [9.17, 15) is 22.0 Å². The largest absolute Gasteiger partial charge is 0.350 e. The van der Waals surface area contributed by atoms with Crippen molar-refractivity contribution < 1.29 is 17.2 Å². The smallest absolute Gasteiger partial charge is 0.256 e. The highest BCUT2D eigenvalue weighted by molar-refractivity contribution is 7.91. The quantitative estimate of drug-likeness (QED) is 0.677. The van der Waals surface area contributed by atoms with E-state index in [-0.39, 0.29) is 11.2 Å². The number of nitrogens with zero attached hydrogens (tertiary/aromatic N) is 2. The molecule has 1 N–H and O–H groups in total. The Labute approximate surface area is 170 Å². The molecule has 0 amide bonds. The summed E-state index contributed by atoms with van der Waals surface area (Å²) in [7, 11) is -3.73. The summed E-state index contributed by atoms with van der Waals surface area (Å²) in [5.74, 6) is -1.09. The van der Waals surface area contributed by atoms with Crippen LogP contribution in [0.1, 0.15) is 11.1 Å². The van der Waals surface area contributed by atoms with Gasteiger partial charge in [-0.1, -0.05) is 12.1 Å². The minimum atomic E-state index is -3.73. The van der Waals surface area contributed by atoms with Gasteiger partial charge in [-0.3, -0.25) is 9.36 Å². The number of benzene rings is 2. The van der Waals surface area contributed by atoms with Crippen LogP contribution in [0.5, 0.6) is 0 Å². The molecule has 1 aliphatic heterocycles. The fourth-order valence-corrected chi connectivity index (χ4v) is 4.02. The number of nitrogens with one attached hydrogen (secondary N) is 1. The molecular weight excluding hydrogens is 412 g/mol. The predicted octanol–water partition coefficient (Wildman–Crippen LogP) is 1.13. The number of halogens is 2. The number of rotatable bonds is 3. The molecule has 0 radical (unpaired) electrons. The maximum atomic E-state index is 14.5. The Morgan fingerprint density at radius 1 is 1.07 bits per heavy atom. The molecule has 1 unspecified atom stereocenters. The van der Waals surface area contributed by atoms with Crippen molar-refractivity contribution in [2.75, 3.05) is 6.26 Å². The van der Waals surface area contributed by atoms with Gasteiger partial charge in [0, 0.05) is 23.1 Å². The van der Waals surface area contributed by atoms with E-state index in [2.05, 4.69) is 10.3 Å². The third kappa shape index (κ3) is 3.41. The van der Waals surface area contributed by atoms with Gasteiger partial charge in [0.05, 0.1) is 11.4 Å². The summed E-state index contributed by atoms with van der Waals surface area (Å²) >= 11 is 0. The lowest BCUT2D eigenvalue weighted by Crippen LogP contribution is -2.52. The van der Waals surface area contributed by atoms with Gasteiger partial charge in [0.25, 0.3) is 5.56 Å². The highest BCUT2D eigenvalue weighted by Crippen LogP contribution is 2.18. The molecule has 0 aliphatic carbocycles. The van der Waals surface area contributed by atoms with Crippen molar-refractivity contribution in [3.05, 3.63) is 98.4 Å². The summed E-state index contributed by atoms with van der Waals surface area (Å²) in [5, 5.41) is 3.27. The SMILES string of the molecule is Cc1cc(F)ccc1C1=c2ccc(=O)n(-c3ccccc3F)c2=NC(S(C)(=O)=O)N1. The highest BCUT2D eigenvalue weighted by Gasteiger charge is 2.26. The number of hydrogen-bond acceptors (Lipinski definition) is 5. The number of aromatic nitrogens is 1. The first kappa shape index (κ1) is 20.0. The molecule has 1 aliphatic rings. The van der Waals surface area contributed by atoms with Gasteiger partial charge in [-0.25, -0.2) is 22.2 Å². The number of para-hydroxylation sites is 1. The van der Waals surface area contributed by atoms with E-state index in [1.165, 1.54) is 48.5 Å². The number of pyridine rings is 1. The summed E-state index contributed by atoms with van der Waals surface area (Å²) in [4.78, 5) is 16.9. The summed E-state index contributed by atoms with van der Waals surface area (Å²) in [5.41, 5.74) is -0.552. The van der Waals surface area contributed by atoms with Crippen LogP contribution in [0.25, 0.3) is 11.4 Å². The Hall–Kier alpha value is -3.33. The first-order valence-corrected chi connectivity index (χ1v) is 10.9. The van der Waals surface area contributed by atoms with E-state index >= 15 is 0 Å². The summed E-state index contributed by atoms with van der Waals surface area (Å²) in [6.07, 6.45) is 1.00. The molecular formula is C21H17F2N3O3S. The molecule has 6 nitrogen and oxygen atoms in total. The molecule has 9 heteroatoms. The molecule has 0 saturated carbocycles. The van der Waals surface area contributed by atoms with Crippen molar-refractivity contribution in [2.45, 2.75) is 12.4 Å². The van der Waals surface area contributed by atoms with Crippen LogP contribution in [0, 0.1) is 18.6 Å². The molecule has 154 valence electrons. The van der Waals surface area contributed by atoms with Crippen molar-refractivity contribution in [2.24, 2.45) is 4.99 Å². The molecule has 0 saturated heterocycles. The number of aryl methyl sites for hydroxylation is 1. The second kappa shape index (κ2) is 7.17. The van der Waals surface area contributed by atoms with Gasteiger partial charge in [-0.15, -0.1) is 0 Å². The molecule has 1 aromatic heterocycles. The van der Waals surface area contributed by atoms with Crippen LogP contribution in [0.15, 0.2) is 64.4 Å². The zero-order chi connectivity index (χ0) is 21.6. The lowest BCUT2D eigenvalue weighted by atomic mass is 10.0. The minimum Gasteiger partial charge on any atom is -0.350 e. The molecule has 2 aromatic carbocycles. The van der Waals surface area contributed by atoms with E-state index in [0.29, 0.717) is 22.0 Å². The molecule has 1 atom stereocenters. The van der Waals surface area contributed by atoms with Gasteiger partial charge >= 0.3 is 0 Å². The van der Waals surface area contributed by atoms with Gasteiger partial charge in [0.2, 0.25) is 5.50 Å². The van der Waals surface area contributed by atoms with Crippen molar-refractivity contribution >= 4 is 15.5 Å². The lowest BCUT2D eigenvalue weighted by molar-refractivity contribution is 0.571. The number of hydrogen-bond donors (Lipinski definition) is 1. The lowest BCUT2D eigenvalue weighted by Gasteiger charge is -2.23.